The quantitative estimate of drug-likeness (QED) is 0.259. The van der Waals surface area contributed by atoms with E-state index in [1.807, 2.05) is 44.3 Å². The Bertz CT molecular complexity index is 1180. The summed E-state index contributed by atoms with van der Waals surface area (Å²) < 4.78 is 35.3. The molecule has 1 heterocycles. The van der Waals surface area contributed by atoms with Gasteiger partial charge in [0.1, 0.15) is 11.5 Å². The Morgan fingerprint density at radius 2 is 1.90 bits per heavy atom. The van der Waals surface area contributed by atoms with Crippen molar-refractivity contribution in [3.05, 3.63) is 59.8 Å². The van der Waals surface area contributed by atoms with Crippen LogP contribution < -0.4 is 8.92 Å². The standard InChI is InChI=1S/C24H29NO5S/c1-5-6-7-24(26)29-23-11-8-19(14-17(23)2)18(3)16-25-13-12-20-15-21(9-10-22(20)25)30-31(4,27)28/h8-15,18H,5-7,16H2,1-4H3. The second-order valence-corrected chi connectivity index (χ2v) is 9.55. The van der Waals surface area contributed by atoms with Crippen LogP contribution in [0.3, 0.4) is 0 Å². The molecule has 166 valence electrons. The minimum atomic E-state index is -3.55. The van der Waals surface area contributed by atoms with Gasteiger partial charge in [0.15, 0.2) is 0 Å². The van der Waals surface area contributed by atoms with Gasteiger partial charge in [0.05, 0.1) is 6.26 Å². The lowest BCUT2D eigenvalue weighted by molar-refractivity contribution is -0.134. The number of hydrogen-bond donors (Lipinski definition) is 0. The van der Waals surface area contributed by atoms with E-state index in [9.17, 15) is 13.2 Å². The minimum Gasteiger partial charge on any atom is -0.426 e. The third kappa shape index (κ3) is 6.10. The van der Waals surface area contributed by atoms with Crippen molar-refractivity contribution in [2.45, 2.75) is 52.5 Å². The lowest BCUT2D eigenvalue weighted by Gasteiger charge is -2.16. The Hall–Kier alpha value is -2.80. The van der Waals surface area contributed by atoms with Crippen LogP contribution in [0.25, 0.3) is 10.9 Å². The van der Waals surface area contributed by atoms with Gasteiger partial charge in [0.25, 0.3) is 0 Å². The molecule has 0 aliphatic rings. The highest BCUT2D eigenvalue weighted by atomic mass is 32.2. The number of esters is 1. The summed E-state index contributed by atoms with van der Waals surface area (Å²) in [6, 6.07) is 13.1. The van der Waals surface area contributed by atoms with E-state index < -0.39 is 10.1 Å². The van der Waals surface area contributed by atoms with Gasteiger partial charge in [-0.15, -0.1) is 0 Å². The summed E-state index contributed by atoms with van der Waals surface area (Å²) in [6.45, 7) is 6.90. The molecule has 0 amide bonds. The van der Waals surface area contributed by atoms with Gasteiger partial charge in [0, 0.05) is 30.1 Å². The number of aromatic nitrogens is 1. The molecule has 0 N–H and O–H groups in total. The van der Waals surface area contributed by atoms with E-state index in [-0.39, 0.29) is 11.9 Å². The fraction of sp³-hybridized carbons (Fsp3) is 0.375. The monoisotopic (exact) mass is 443 g/mol. The van der Waals surface area contributed by atoms with E-state index >= 15 is 0 Å². The summed E-state index contributed by atoms with van der Waals surface area (Å²) in [6.07, 6.45) is 5.25. The van der Waals surface area contributed by atoms with Crippen LogP contribution in [0.5, 0.6) is 11.5 Å². The molecule has 0 aliphatic heterocycles. The Balaban J connectivity index is 1.72. The van der Waals surface area contributed by atoms with Crippen molar-refractivity contribution in [1.82, 2.24) is 4.57 Å². The molecule has 2 aromatic carbocycles. The molecule has 0 spiro atoms. The van der Waals surface area contributed by atoms with Crippen molar-refractivity contribution in [1.29, 1.82) is 0 Å². The lowest BCUT2D eigenvalue weighted by atomic mass is 9.98. The highest BCUT2D eigenvalue weighted by molar-refractivity contribution is 7.86. The molecule has 31 heavy (non-hydrogen) atoms. The first-order valence-electron chi connectivity index (χ1n) is 10.5. The fourth-order valence-corrected chi connectivity index (χ4v) is 4.01. The van der Waals surface area contributed by atoms with E-state index in [4.69, 9.17) is 8.92 Å². The maximum atomic E-state index is 11.9. The van der Waals surface area contributed by atoms with Crippen LogP contribution >= 0.6 is 0 Å². The summed E-state index contributed by atoms with van der Waals surface area (Å²) in [7, 11) is -3.55. The Morgan fingerprint density at radius 1 is 1.13 bits per heavy atom. The van der Waals surface area contributed by atoms with Crippen LogP contribution in [-0.2, 0) is 21.5 Å². The van der Waals surface area contributed by atoms with Gasteiger partial charge in [0.2, 0.25) is 0 Å². The zero-order chi connectivity index (χ0) is 22.6. The van der Waals surface area contributed by atoms with E-state index in [2.05, 4.69) is 17.6 Å². The number of rotatable bonds is 9. The predicted molar refractivity (Wildman–Crippen MR) is 122 cm³/mol. The van der Waals surface area contributed by atoms with Crippen LogP contribution in [0, 0.1) is 6.92 Å². The highest BCUT2D eigenvalue weighted by Gasteiger charge is 2.13. The maximum Gasteiger partial charge on any atom is 0.311 e. The van der Waals surface area contributed by atoms with Gasteiger partial charge < -0.3 is 13.5 Å². The number of ether oxygens (including phenoxy) is 1. The van der Waals surface area contributed by atoms with Gasteiger partial charge in [-0.2, -0.15) is 8.42 Å². The van der Waals surface area contributed by atoms with Crippen molar-refractivity contribution < 1.29 is 22.1 Å². The maximum absolute atomic E-state index is 11.9. The molecule has 1 unspecified atom stereocenters. The second-order valence-electron chi connectivity index (χ2n) is 7.98. The first-order chi connectivity index (χ1) is 14.7. The molecular weight excluding hydrogens is 414 g/mol. The molecule has 0 saturated heterocycles. The van der Waals surface area contributed by atoms with Crippen molar-refractivity contribution in [2.24, 2.45) is 0 Å². The number of hydrogen-bond acceptors (Lipinski definition) is 5. The predicted octanol–water partition coefficient (Wildman–Crippen LogP) is 5.19. The van der Waals surface area contributed by atoms with E-state index in [1.165, 1.54) is 0 Å². The number of fused-ring (bicyclic) bond motifs is 1. The zero-order valence-corrected chi connectivity index (χ0v) is 19.2. The summed E-state index contributed by atoms with van der Waals surface area (Å²) in [5.41, 5.74) is 3.10. The second kappa shape index (κ2) is 9.56. The van der Waals surface area contributed by atoms with Crippen LogP contribution in [0.2, 0.25) is 0 Å². The smallest absolute Gasteiger partial charge is 0.311 e. The van der Waals surface area contributed by atoms with Gasteiger partial charge in [-0.25, -0.2) is 0 Å². The minimum absolute atomic E-state index is 0.191. The number of unbranched alkanes of at least 4 members (excludes halogenated alkanes) is 1. The van der Waals surface area contributed by atoms with Crippen LogP contribution in [0.15, 0.2) is 48.7 Å². The number of carbonyl (C=O) groups is 1. The van der Waals surface area contributed by atoms with Gasteiger partial charge in [-0.3, -0.25) is 4.79 Å². The molecule has 0 radical (unpaired) electrons. The zero-order valence-electron chi connectivity index (χ0n) is 18.4. The molecule has 0 saturated carbocycles. The molecule has 7 heteroatoms. The highest BCUT2D eigenvalue weighted by Crippen LogP contribution is 2.28. The Morgan fingerprint density at radius 3 is 2.58 bits per heavy atom. The number of nitrogens with zero attached hydrogens (tertiary/aromatic N) is 1. The first kappa shape index (κ1) is 22.9. The van der Waals surface area contributed by atoms with Crippen molar-refractivity contribution >= 4 is 27.0 Å². The normalized spacial score (nSPS) is 12.6. The largest absolute Gasteiger partial charge is 0.426 e. The van der Waals surface area contributed by atoms with Crippen molar-refractivity contribution in [3.63, 3.8) is 0 Å². The third-order valence-electron chi connectivity index (χ3n) is 5.19. The van der Waals surface area contributed by atoms with Crippen molar-refractivity contribution in [3.8, 4) is 11.5 Å². The molecule has 1 aromatic heterocycles. The van der Waals surface area contributed by atoms with E-state index in [1.54, 1.807) is 12.1 Å². The molecular formula is C24H29NO5S. The lowest BCUT2D eigenvalue weighted by Crippen LogP contribution is -2.09. The summed E-state index contributed by atoms with van der Waals surface area (Å²) in [5, 5.41) is 0.916. The molecule has 1 atom stereocenters. The third-order valence-corrected chi connectivity index (χ3v) is 5.68. The van der Waals surface area contributed by atoms with Crippen molar-refractivity contribution in [2.75, 3.05) is 6.26 Å². The number of benzene rings is 2. The topological polar surface area (TPSA) is 74.6 Å². The van der Waals surface area contributed by atoms with Gasteiger partial charge in [-0.1, -0.05) is 32.4 Å². The molecule has 0 aliphatic carbocycles. The Kier molecular flexibility index (Phi) is 7.05. The fourth-order valence-electron chi connectivity index (χ4n) is 3.55. The molecule has 3 rings (SSSR count). The molecule has 6 nitrogen and oxygen atoms in total. The molecule has 0 bridgehead atoms. The summed E-state index contributed by atoms with van der Waals surface area (Å²) in [5.74, 6) is 0.956. The average molecular weight is 444 g/mol. The van der Waals surface area contributed by atoms with Crippen LogP contribution in [0.1, 0.15) is 50.2 Å². The number of aryl methyl sites for hydroxylation is 1. The van der Waals surface area contributed by atoms with E-state index in [0.29, 0.717) is 17.9 Å². The first-order valence-corrected chi connectivity index (χ1v) is 12.3. The Labute approximate surface area is 183 Å². The van der Waals surface area contributed by atoms with Crippen LogP contribution in [0.4, 0.5) is 0 Å². The molecule has 0 fully saturated rings. The molecule has 3 aromatic rings. The SMILES string of the molecule is CCCCC(=O)Oc1ccc(C(C)Cn2ccc3cc(OS(C)(=O)=O)ccc32)cc1C. The van der Waals surface area contributed by atoms with Gasteiger partial charge >= 0.3 is 16.1 Å². The van der Waals surface area contributed by atoms with Gasteiger partial charge in [-0.05, 0) is 60.7 Å². The summed E-state index contributed by atoms with van der Waals surface area (Å²) >= 11 is 0. The number of carbonyl (C=O) groups excluding carboxylic acids is 1. The average Bonchev–Trinajstić information content (AvgIpc) is 3.08. The summed E-state index contributed by atoms with van der Waals surface area (Å²) in [4.78, 5) is 11.9. The van der Waals surface area contributed by atoms with E-state index in [0.717, 1.165) is 47.7 Å². The van der Waals surface area contributed by atoms with Crippen LogP contribution in [-0.4, -0.2) is 25.2 Å².